The van der Waals surface area contributed by atoms with Gasteiger partial charge in [0.15, 0.2) is 4.34 Å². The summed E-state index contributed by atoms with van der Waals surface area (Å²) < 4.78 is 6.70. The van der Waals surface area contributed by atoms with Crippen LogP contribution in [0.25, 0.3) is 0 Å². The summed E-state index contributed by atoms with van der Waals surface area (Å²) in [5.74, 6) is 1.76. The van der Waals surface area contributed by atoms with Crippen LogP contribution in [0.1, 0.15) is 11.1 Å². The third kappa shape index (κ3) is 5.25. The average Bonchev–Trinajstić information content (AvgIpc) is 3.06. The summed E-state index contributed by atoms with van der Waals surface area (Å²) in [5, 5.41) is 12.5. The zero-order valence-electron chi connectivity index (χ0n) is 13.4. The summed E-state index contributed by atoms with van der Waals surface area (Å²) in [7, 11) is 0. The van der Waals surface area contributed by atoms with Gasteiger partial charge in [0.25, 0.3) is 0 Å². The van der Waals surface area contributed by atoms with Gasteiger partial charge in [0.1, 0.15) is 5.75 Å². The normalized spacial score (nSPS) is 10.5. The van der Waals surface area contributed by atoms with Gasteiger partial charge < -0.3 is 10.1 Å². The molecule has 3 rings (SSSR count). The first-order chi connectivity index (χ1) is 11.8. The van der Waals surface area contributed by atoms with Crippen LogP contribution < -0.4 is 10.1 Å². The summed E-state index contributed by atoms with van der Waals surface area (Å²) >= 11 is 3.24. The highest BCUT2D eigenvalue weighted by molar-refractivity contribution is 8.01. The molecule has 0 aliphatic heterocycles. The Morgan fingerprint density at radius 3 is 2.79 bits per heavy atom. The van der Waals surface area contributed by atoms with Gasteiger partial charge in [-0.3, -0.25) is 0 Å². The topological polar surface area (TPSA) is 47.0 Å². The Balaban J connectivity index is 1.39. The van der Waals surface area contributed by atoms with Gasteiger partial charge in [0.2, 0.25) is 5.13 Å². The number of nitrogens with one attached hydrogen (secondary N) is 1. The van der Waals surface area contributed by atoms with Crippen molar-refractivity contribution in [2.75, 3.05) is 17.7 Å². The van der Waals surface area contributed by atoms with Gasteiger partial charge in [-0.15, -0.1) is 10.2 Å². The van der Waals surface area contributed by atoms with E-state index in [-0.39, 0.29) is 0 Å². The minimum absolute atomic E-state index is 0.653. The molecule has 0 saturated heterocycles. The van der Waals surface area contributed by atoms with E-state index in [1.54, 1.807) is 23.1 Å². The first-order valence-corrected chi connectivity index (χ1v) is 9.53. The molecule has 1 heterocycles. The van der Waals surface area contributed by atoms with Crippen LogP contribution in [0, 0.1) is 6.92 Å². The lowest BCUT2D eigenvalue weighted by Crippen LogP contribution is -1.99. The molecule has 2 aromatic carbocycles. The Bertz CT molecular complexity index is 762. The Hall–Kier alpha value is -2.05. The molecular weight excluding hydrogens is 338 g/mol. The molecule has 1 N–H and O–H groups in total. The minimum atomic E-state index is 0.653. The smallest absolute Gasteiger partial charge is 0.206 e. The van der Waals surface area contributed by atoms with E-state index in [1.807, 2.05) is 36.4 Å². The summed E-state index contributed by atoms with van der Waals surface area (Å²) in [6.45, 7) is 3.48. The largest absolute Gasteiger partial charge is 0.493 e. The van der Waals surface area contributed by atoms with E-state index in [0.717, 1.165) is 27.5 Å². The fourth-order valence-electron chi connectivity index (χ4n) is 2.11. The van der Waals surface area contributed by atoms with Crippen LogP contribution in [-0.2, 0) is 6.54 Å². The second-order valence-electron chi connectivity index (χ2n) is 5.23. The molecule has 0 bridgehead atoms. The number of aromatic nitrogens is 2. The van der Waals surface area contributed by atoms with Crippen LogP contribution in [-0.4, -0.2) is 22.6 Å². The Morgan fingerprint density at radius 2 is 1.96 bits per heavy atom. The number of thioether (sulfide) groups is 1. The van der Waals surface area contributed by atoms with Crippen molar-refractivity contribution in [2.45, 2.75) is 17.8 Å². The number of ether oxygens (including phenoxy) is 1. The maximum absolute atomic E-state index is 5.74. The number of hydrogen-bond acceptors (Lipinski definition) is 6. The maximum Gasteiger partial charge on any atom is 0.206 e. The van der Waals surface area contributed by atoms with Crippen molar-refractivity contribution in [1.29, 1.82) is 0 Å². The molecule has 0 amide bonds. The van der Waals surface area contributed by atoms with Crippen molar-refractivity contribution in [2.24, 2.45) is 0 Å². The van der Waals surface area contributed by atoms with Crippen LogP contribution in [0.3, 0.4) is 0 Å². The molecule has 0 aliphatic rings. The number of benzene rings is 2. The van der Waals surface area contributed by atoms with Crippen molar-refractivity contribution in [3.63, 3.8) is 0 Å². The van der Waals surface area contributed by atoms with Crippen LogP contribution in [0.15, 0.2) is 58.9 Å². The number of nitrogens with zero attached hydrogens (tertiary/aromatic N) is 2. The number of anilines is 1. The van der Waals surface area contributed by atoms with Crippen LogP contribution in [0.2, 0.25) is 0 Å². The molecule has 0 radical (unpaired) electrons. The summed E-state index contributed by atoms with van der Waals surface area (Å²) in [4.78, 5) is 0. The van der Waals surface area contributed by atoms with E-state index in [1.165, 1.54) is 11.1 Å². The zero-order valence-corrected chi connectivity index (χ0v) is 15.1. The van der Waals surface area contributed by atoms with E-state index < -0.39 is 0 Å². The van der Waals surface area contributed by atoms with Gasteiger partial charge in [-0.2, -0.15) is 0 Å². The quantitative estimate of drug-likeness (QED) is 0.470. The molecule has 0 saturated carbocycles. The van der Waals surface area contributed by atoms with Crippen molar-refractivity contribution >= 4 is 28.2 Å². The second-order valence-corrected chi connectivity index (χ2v) is 7.55. The fourth-order valence-corrected chi connectivity index (χ4v) is 3.74. The first-order valence-electron chi connectivity index (χ1n) is 7.73. The van der Waals surface area contributed by atoms with Crippen molar-refractivity contribution in [3.05, 3.63) is 65.7 Å². The average molecular weight is 358 g/mol. The molecule has 0 aliphatic carbocycles. The van der Waals surface area contributed by atoms with Crippen molar-refractivity contribution in [3.8, 4) is 5.75 Å². The van der Waals surface area contributed by atoms with Crippen LogP contribution in [0.4, 0.5) is 5.13 Å². The van der Waals surface area contributed by atoms with Gasteiger partial charge >= 0.3 is 0 Å². The van der Waals surface area contributed by atoms with Gasteiger partial charge in [-0.1, -0.05) is 65.6 Å². The van der Waals surface area contributed by atoms with Crippen molar-refractivity contribution < 1.29 is 4.74 Å². The molecule has 0 atom stereocenters. The van der Waals surface area contributed by atoms with Gasteiger partial charge in [-0.25, -0.2) is 0 Å². The third-order valence-corrected chi connectivity index (χ3v) is 5.24. The zero-order chi connectivity index (χ0) is 16.6. The predicted molar refractivity (Wildman–Crippen MR) is 101 cm³/mol. The lowest BCUT2D eigenvalue weighted by molar-refractivity contribution is 0.343. The van der Waals surface area contributed by atoms with Gasteiger partial charge in [0.05, 0.1) is 6.61 Å². The van der Waals surface area contributed by atoms with E-state index >= 15 is 0 Å². The third-order valence-electron chi connectivity index (χ3n) is 3.26. The highest BCUT2D eigenvalue weighted by Crippen LogP contribution is 2.25. The molecule has 6 heteroatoms. The molecule has 0 spiro atoms. The second kappa shape index (κ2) is 8.70. The summed E-state index contributed by atoms with van der Waals surface area (Å²) in [5.41, 5.74) is 2.44. The summed E-state index contributed by atoms with van der Waals surface area (Å²) in [6.07, 6.45) is 0. The SMILES string of the molecule is Cc1cccc(OCCSc2nnc(NCc3ccccc3)s2)c1. The lowest BCUT2D eigenvalue weighted by atomic mass is 10.2. The molecule has 24 heavy (non-hydrogen) atoms. The molecule has 124 valence electrons. The minimum Gasteiger partial charge on any atom is -0.493 e. The van der Waals surface area contributed by atoms with Crippen molar-refractivity contribution in [1.82, 2.24) is 10.2 Å². The van der Waals surface area contributed by atoms with E-state index in [0.29, 0.717) is 6.61 Å². The lowest BCUT2D eigenvalue weighted by Gasteiger charge is -2.05. The molecular formula is C18H19N3OS2. The van der Waals surface area contributed by atoms with Gasteiger partial charge in [-0.05, 0) is 30.2 Å². The Labute approximate surface area is 150 Å². The molecule has 0 unspecified atom stereocenters. The van der Waals surface area contributed by atoms with E-state index in [2.05, 4.69) is 40.6 Å². The maximum atomic E-state index is 5.74. The van der Waals surface area contributed by atoms with E-state index in [9.17, 15) is 0 Å². The molecule has 3 aromatic rings. The number of rotatable bonds is 8. The standard InChI is InChI=1S/C18H19N3OS2/c1-14-6-5-9-16(12-14)22-10-11-23-18-21-20-17(24-18)19-13-15-7-3-2-4-8-15/h2-9,12H,10-11,13H2,1H3,(H,19,20). The van der Waals surface area contributed by atoms with Gasteiger partial charge in [0, 0.05) is 12.3 Å². The summed E-state index contributed by atoms with van der Waals surface area (Å²) in [6, 6.07) is 18.4. The van der Waals surface area contributed by atoms with Crippen LogP contribution in [0.5, 0.6) is 5.75 Å². The number of hydrogen-bond donors (Lipinski definition) is 1. The monoisotopic (exact) mass is 357 g/mol. The molecule has 0 fully saturated rings. The van der Waals surface area contributed by atoms with Crippen LogP contribution >= 0.6 is 23.1 Å². The predicted octanol–water partition coefficient (Wildman–Crippen LogP) is 4.63. The highest BCUT2D eigenvalue weighted by atomic mass is 32.2. The Morgan fingerprint density at radius 1 is 1.08 bits per heavy atom. The molecule has 4 nitrogen and oxygen atoms in total. The highest BCUT2D eigenvalue weighted by Gasteiger charge is 2.05. The Kier molecular flexibility index (Phi) is 6.09. The molecule has 1 aromatic heterocycles. The fraction of sp³-hybridized carbons (Fsp3) is 0.222. The number of aryl methyl sites for hydroxylation is 1. The van der Waals surface area contributed by atoms with E-state index in [4.69, 9.17) is 4.74 Å². The first kappa shape index (κ1) is 16.8.